The molecule has 2 aromatic carbocycles. The summed E-state index contributed by atoms with van der Waals surface area (Å²) < 4.78 is 5.23. The number of aryl methyl sites for hydroxylation is 1. The Morgan fingerprint density at radius 1 is 1.27 bits per heavy atom. The summed E-state index contributed by atoms with van der Waals surface area (Å²) in [5.41, 5.74) is 3.33. The van der Waals surface area contributed by atoms with Gasteiger partial charge < -0.3 is 9.72 Å². The monoisotopic (exact) mass is 423 g/mol. The summed E-state index contributed by atoms with van der Waals surface area (Å²) in [6.07, 6.45) is 0.778. The van der Waals surface area contributed by atoms with Crippen molar-refractivity contribution in [3.05, 3.63) is 74.5 Å². The van der Waals surface area contributed by atoms with Gasteiger partial charge in [0, 0.05) is 28.8 Å². The van der Waals surface area contributed by atoms with Crippen molar-refractivity contribution in [1.29, 1.82) is 0 Å². The first-order valence-electron chi connectivity index (χ1n) is 9.79. The molecular formula is C23H22ClN3O3. The lowest BCUT2D eigenvalue weighted by molar-refractivity contribution is -0.132. The number of aromatic nitrogens is 1. The van der Waals surface area contributed by atoms with E-state index in [0.29, 0.717) is 29.1 Å². The maximum atomic E-state index is 12.9. The molecule has 3 aromatic rings. The van der Waals surface area contributed by atoms with Gasteiger partial charge >= 0.3 is 0 Å². The number of hydrogen-bond acceptors (Lipinski definition) is 4. The van der Waals surface area contributed by atoms with Crippen molar-refractivity contribution in [3.63, 3.8) is 0 Å². The average molecular weight is 424 g/mol. The largest absolute Gasteiger partial charge is 0.497 e. The van der Waals surface area contributed by atoms with E-state index in [9.17, 15) is 9.59 Å². The van der Waals surface area contributed by atoms with Crippen LogP contribution in [0.1, 0.15) is 42.5 Å². The Kier molecular flexibility index (Phi) is 5.35. The lowest BCUT2D eigenvalue weighted by Crippen LogP contribution is -2.26. The molecule has 1 unspecified atom stereocenters. The van der Waals surface area contributed by atoms with Crippen LogP contribution in [0.2, 0.25) is 5.02 Å². The van der Waals surface area contributed by atoms with Crippen LogP contribution in [0.5, 0.6) is 5.75 Å². The molecule has 1 aliphatic heterocycles. The molecule has 0 bridgehead atoms. The predicted molar refractivity (Wildman–Crippen MR) is 118 cm³/mol. The summed E-state index contributed by atoms with van der Waals surface area (Å²) in [5, 5.41) is 7.55. The van der Waals surface area contributed by atoms with Gasteiger partial charge in [-0.3, -0.25) is 9.59 Å². The predicted octanol–water partition coefficient (Wildman–Crippen LogP) is 4.59. The number of ether oxygens (including phenoxy) is 1. The topological polar surface area (TPSA) is 74.8 Å². The second-order valence-corrected chi connectivity index (χ2v) is 7.71. The summed E-state index contributed by atoms with van der Waals surface area (Å²) in [4.78, 5) is 28.4. The molecule has 2 heterocycles. The molecule has 1 aliphatic rings. The molecule has 0 spiro atoms. The number of methoxy groups -OCH3 is 1. The van der Waals surface area contributed by atoms with Gasteiger partial charge in [0.15, 0.2) is 0 Å². The maximum Gasteiger partial charge on any atom is 0.257 e. The molecule has 7 heteroatoms. The normalized spacial score (nSPS) is 16.1. The minimum Gasteiger partial charge on any atom is -0.497 e. The number of fused-ring (bicyclic) bond motifs is 1. The highest BCUT2D eigenvalue weighted by Gasteiger charge is 2.34. The second kappa shape index (κ2) is 7.95. The standard InChI is InChI=1S/C23H22ClN3O3/c1-4-21(28)27-20(14-5-8-16(30-3)9-6-14)12-19(26-27)22-13(2)17-11-15(24)7-10-18(17)25-23(22)29/h5-11,20H,4,12H2,1-3H3,(H,25,29). The zero-order valence-electron chi connectivity index (χ0n) is 17.0. The van der Waals surface area contributed by atoms with Crippen molar-refractivity contribution in [1.82, 2.24) is 9.99 Å². The lowest BCUT2D eigenvalue weighted by Gasteiger charge is -2.21. The molecule has 0 radical (unpaired) electrons. The third-order valence-electron chi connectivity index (χ3n) is 5.49. The number of halogens is 1. The van der Waals surface area contributed by atoms with Crippen LogP contribution in [-0.4, -0.2) is 28.7 Å². The van der Waals surface area contributed by atoms with Gasteiger partial charge in [0.1, 0.15) is 5.75 Å². The highest BCUT2D eigenvalue weighted by molar-refractivity contribution is 6.31. The van der Waals surface area contributed by atoms with Crippen LogP contribution < -0.4 is 10.3 Å². The third-order valence-corrected chi connectivity index (χ3v) is 5.73. The summed E-state index contributed by atoms with van der Waals surface area (Å²) in [6.45, 7) is 3.69. The number of H-pyrrole nitrogens is 1. The summed E-state index contributed by atoms with van der Waals surface area (Å²) in [7, 11) is 1.61. The zero-order chi connectivity index (χ0) is 21.4. The number of nitrogens with zero attached hydrogens (tertiary/aromatic N) is 2. The molecule has 1 N–H and O–H groups in total. The van der Waals surface area contributed by atoms with E-state index >= 15 is 0 Å². The van der Waals surface area contributed by atoms with E-state index in [4.69, 9.17) is 16.3 Å². The van der Waals surface area contributed by atoms with Crippen molar-refractivity contribution in [2.45, 2.75) is 32.7 Å². The number of amides is 1. The summed E-state index contributed by atoms with van der Waals surface area (Å²) in [5.74, 6) is 0.647. The lowest BCUT2D eigenvalue weighted by atomic mass is 9.95. The fourth-order valence-corrected chi connectivity index (χ4v) is 4.08. The quantitative estimate of drug-likeness (QED) is 0.667. The minimum atomic E-state index is -0.271. The number of hydrazone groups is 1. The minimum absolute atomic E-state index is 0.0938. The molecule has 1 atom stereocenters. The number of carbonyl (C=O) groups is 1. The van der Waals surface area contributed by atoms with Gasteiger partial charge in [0.25, 0.3) is 5.56 Å². The van der Waals surface area contributed by atoms with Crippen LogP contribution in [-0.2, 0) is 4.79 Å². The van der Waals surface area contributed by atoms with Crippen LogP contribution in [0.25, 0.3) is 10.9 Å². The fraction of sp³-hybridized carbons (Fsp3) is 0.261. The number of nitrogens with one attached hydrogen (secondary N) is 1. The van der Waals surface area contributed by atoms with Crippen molar-refractivity contribution in [2.24, 2.45) is 5.10 Å². The van der Waals surface area contributed by atoms with Crippen molar-refractivity contribution in [3.8, 4) is 5.75 Å². The molecule has 0 aliphatic carbocycles. The van der Waals surface area contributed by atoms with Gasteiger partial charge in [-0.15, -0.1) is 0 Å². The first kappa shape index (κ1) is 20.2. The molecule has 1 amide bonds. The Bertz CT molecular complexity index is 1210. The van der Waals surface area contributed by atoms with Crippen LogP contribution in [0.4, 0.5) is 0 Å². The van der Waals surface area contributed by atoms with Crippen LogP contribution in [0.15, 0.2) is 52.4 Å². The summed E-state index contributed by atoms with van der Waals surface area (Å²) in [6, 6.07) is 12.7. The number of benzene rings is 2. The number of hydrogen-bond donors (Lipinski definition) is 1. The number of rotatable bonds is 4. The molecule has 6 nitrogen and oxygen atoms in total. The zero-order valence-corrected chi connectivity index (χ0v) is 17.8. The van der Waals surface area contributed by atoms with Gasteiger partial charge in [0.2, 0.25) is 5.91 Å². The summed E-state index contributed by atoms with van der Waals surface area (Å²) >= 11 is 6.17. The Balaban J connectivity index is 1.81. The smallest absolute Gasteiger partial charge is 0.257 e. The number of pyridine rings is 1. The highest BCUT2D eigenvalue weighted by atomic mass is 35.5. The van der Waals surface area contributed by atoms with E-state index < -0.39 is 0 Å². The van der Waals surface area contributed by atoms with E-state index in [-0.39, 0.29) is 17.5 Å². The van der Waals surface area contributed by atoms with Crippen LogP contribution in [0, 0.1) is 6.92 Å². The van der Waals surface area contributed by atoms with E-state index in [1.54, 1.807) is 26.2 Å². The Morgan fingerprint density at radius 3 is 2.67 bits per heavy atom. The molecule has 154 valence electrons. The third kappa shape index (κ3) is 3.48. The fourth-order valence-electron chi connectivity index (χ4n) is 3.91. The number of carbonyl (C=O) groups excluding carboxylic acids is 1. The first-order chi connectivity index (χ1) is 14.4. The van der Waals surface area contributed by atoms with Crippen LogP contribution in [0.3, 0.4) is 0 Å². The molecule has 4 rings (SSSR count). The van der Waals surface area contributed by atoms with Crippen molar-refractivity contribution in [2.75, 3.05) is 7.11 Å². The van der Waals surface area contributed by atoms with Crippen molar-refractivity contribution >= 4 is 34.1 Å². The highest BCUT2D eigenvalue weighted by Crippen LogP contribution is 2.34. The Morgan fingerprint density at radius 2 is 2.00 bits per heavy atom. The van der Waals surface area contributed by atoms with Crippen molar-refractivity contribution < 1.29 is 9.53 Å². The van der Waals surface area contributed by atoms with Gasteiger partial charge in [-0.2, -0.15) is 5.10 Å². The number of aromatic amines is 1. The SMILES string of the molecule is CCC(=O)N1N=C(c2c(C)c3cc(Cl)ccc3[nH]c2=O)CC1c1ccc(OC)cc1. The average Bonchev–Trinajstić information content (AvgIpc) is 3.19. The van der Waals surface area contributed by atoms with E-state index in [0.717, 1.165) is 27.8 Å². The van der Waals surface area contributed by atoms with E-state index in [1.165, 1.54) is 5.01 Å². The van der Waals surface area contributed by atoms with Crippen LogP contribution >= 0.6 is 11.6 Å². The molecule has 0 saturated heterocycles. The Labute approximate surface area is 179 Å². The van der Waals surface area contributed by atoms with Gasteiger partial charge in [-0.1, -0.05) is 30.7 Å². The van der Waals surface area contributed by atoms with E-state index in [2.05, 4.69) is 10.1 Å². The molecule has 0 saturated carbocycles. The van der Waals surface area contributed by atoms with Gasteiger partial charge in [-0.25, -0.2) is 5.01 Å². The molecule has 0 fully saturated rings. The Hall–Kier alpha value is -3.12. The van der Waals surface area contributed by atoms with Gasteiger partial charge in [0.05, 0.1) is 24.4 Å². The molecular weight excluding hydrogens is 402 g/mol. The van der Waals surface area contributed by atoms with E-state index in [1.807, 2.05) is 37.3 Å². The molecule has 1 aromatic heterocycles. The molecule has 30 heavy (non-hydrogen) atoms. The van der Waals surface area contributed by atoms with Gasteiger partial charge in [-0.05, 0) is 48.4 Å². The first-order valence-corrected chi connectivity index (χ1v) is 10.2. The maximum absolute atomic E-state index is 12.9. The second-order valence-electron chi connectivity index (χ2n) is 7.28.